The molecule has 2 N–H and O–H groups in total. The van der Waals surface area contributed by atoms with E-state index in [4.69, 9.17) is 0 Å². The molecule has 7 nitrogen and oxygen atoms in total. The van der Waals surface area contributed by atoms with Gasteiger partial charge in [-0.1, -0.05) is 6.07 Å². The summed E-state index contributed by atoms with van der Waals surface area (Å²) in [6.45, 7) is 5.88. The fourth-order valence-electron chi connectivity index (χ4n) is 4.09. The van der Waals surface area contributed by atoms with Crippen molar-refractivity contribution < 1.29 is 14.0 Å². The van der Waals surface area contributed by atoms with Crippen LogP contribution in [0.4, 0.5) is 14.9 Å². The standard InChI is InChI=1S/C23H20FN5O2S/c1-13-8-15(2-3-18(13)29-6-4-25-5-7-29)20-16-9-14(10-17(24)21(16)27-12-26-20)11-19-22(30)28-23(31)32-19/h2-3,8-12,25H,4-7H2,1H3,(H,28,30,31)/b19-11-. The summed E-state index contributed by atoms with van der Waals surface area (Å²) in [5, 5.41) is 5.67. The SMILES string of the molecule is Cc1cc(-c2ncnc3c(F)cc(/C=C4\SC(=O)NC4=O)cc23)ccc1N1CCNCC1. The molecule has 2 aromatic carbocycles. The molecule has 3 heterocycles. The summed E-state index contributed by atoms with van der Waals surface area (Å²) in [5.74, 6) is -0.994. The van der Waals surface area contributed by atoms with Crippen molar-refractivity contribution in [3.8, 4) is 11.3 Å². The average Bonchev–Trinajstić information content (AvgIpc) is 3.10. The molecule has 2 fully saturated rings. The number of hydrogen-bond acceptors (Lipinski definition) is 7. The fraction of sp³-hybridized carbons (Fsp3) is 0.217. The number of benzene rings is 2. The summed E-state index contributed by atoms with van der Waals surface area (Å²) in [5.41, 5.74) is 4.45. The highest BCUT2D eigenvalue weighted by molar-refractivity contribution is 8.18. The van der Waals surface area contributed by atoms with E-state index in [9.17, 15) is 14.0 Å². The molecule has 2 aliphatic heterocycles. The second kappa shape index (κ2) is 8.33. The lowest BCUT2D eigenvalue weighted by Crippen LogP contribution is -2.43. The number of anilines is 1. The maximum Gasteiger partial charge on any atom is 0.290 e. The fourth-order valence-corrected chi connectivity index (χ4v) is 4.78. The van der Waals surface area contributed by atoms with Crippen LogP contribution in [0, 0.1) is 12.7 Å². The van der Waals surface area contributed by atoms with Gasteiger partial charge in [0.25, 0.3) is 11.1 Å². The maximum absolute atomic E-state index is 14.9. The van der Waals surface area contributed by atoms with Crippen molar-refractivity contribution in [1.82, 2.24) is 20.6 Å². The van der Waals surface area contributed by atoms with Crippen LogP contribution in [-0.4, -0.2) is 47.3 Å². The van der Waals surface area contributed by atoms with Crippen molar-refractivity contribution in [3.63, 3.8) is 0 Å². The van der Waals surface area contributed by atoms with Crippen LogP contribution in [0.25, 0.3) is 28.2 Å². The van der Waals surface area contributed by atoms with Crippen molar-refractivity contribution in [2.75, 3.05) is 31.1 Å². The molecule has 32 heavy (non-hydrogen) atoms. The van der Waals surface area contributed by atoms with E-state index in [1.807, 2.05) is 6.07 Å². The molecule has 0 atom stereocenters. The largest absolute Gasteiger partial charge is 0.369 e. The third kappa shape index (κ3) is 3.85. The van der Waals surface area contributed by atoms with E-state index in [1.165, 1.54) is 24.2 Å². The van der Waals surface area contributed by atoms with Crippen LogP contribution in [-0.2, 0) is 4.79 Å². The molecule has 5 rings (SSSR count). The van der Waals surface area contributed by atoms with Gasteiger partial charge in [0.1, 0.15) is 17.7 Å². The molecule has 2 aliphatic rings. The highest BCUT2D eigenvalue weighted by Gasteiger charge is 2.25. The third-order valence-corrected chi connectivity index (χ3v) is 6.39. The molecular weight excluding hydrogens is 429 g/mol. The molecule has 0 aliphatic carbocycles. The van der Waals surface area contributed by atoms with Crippen LogP contribution in [0.3, 0.4) is 0 Å². The molecule has 0 radical (unpaired) electrons. The molecule has 2 amide bonds. The number of aromatic nitrogens is 2. The highest BCUT2D eigenvalue weighted by atomic mass is 32.2. The Bertz CT molecular complexity index is 1290. The Kier molecular flexibility index (Phi) is 5.36. The van der Waals surface area contributed by atoms with E-state index in [0.717, 1.165) is 49.1 Å². The van der Waals surface area contributed by atoms with Crippen LogP contribution < -0.4 is 15.5 Å². The molecule has 1 aromatic heterocycles. The summed E-state index contributed by atoms with van der Waals surface area (Å²) >= 11 is 0.796. The molecule has 2 saturated heterocycles. The normalized spacial score (nSPS) is 17.9. The minimum Gasteiger partial charge on any atom is -0.369 e. The maximum atomic E-state index is 14.9. The topological polar surface area (TPSA) is 87.2 Å². The van der Waals surface area contributed by atoms with Crippen molar-refractivity contribution in [1.29, 1.82) is 0 Å². The Morgan fingerprint density at radius 1 is 1.12 bits per heavy atom. The number of fused-ring (bicyclic) bond motifs is 1. The van der Waals surface area contributed by atoms with E-state index in [2.05, 4.69) is 44.6 Å². The van der Waals surface area contributed by atoms with Gasteiger partial charge in [0.05, 0.1) is 10.6 Å². The zero-order chi connectivity index (χ0) is 22.2. The first kappa shape index (κ1) is 20.6. The van der Waals surface area contributed by atoms with E-state index in [0.29, 0.717) is 16.6 Å². The number of halogens is 1. The number of imide groups is 1. The minimum atomic E-state index is -0.512. The van der Waals surface area contributed by atoms with E-state index in [-0.39, 0.29) is 10.4 Å². The molecule has 0 saturated carbocycles. The number of carbonyl (C=O) groups excluding carboxylic acids is 2. The molecule has 0 unspecified atom stereocenters. The molecular formula is C23H20FN5O2S. The van der Waals surface area contributed by atoms with Gasteiger partial charge in [0.2, 0.25) is 0 Å². The summed E-state index contributed by atoms with van der Waals surface area (Å²) in [6.07, 6.45) is 2.86. The van der Waals surface area contributed by atoms with Gasteiger partial charge in [-0.2, -0.15) is 0 Å². The van der Waals surface area contributed by atoms with Gasteiger partial charge >= 0.3 is 0 Å². The molecule has 0 bridgehead atoms. The smallest absolute Gasteiger partial charge is 0.290 e. The number of aryl methyl sites for hydroxylation is 1. The van der Waals surface area contributed by atoms with Crippen LogP contribution in [0.2, 0.25) is 0 Å². The highest BCUT2D eigenvalue weighted by Crippen LogP contribution is 2.33. The number of hydrogen-bond donors (Lipinski definition) is 2. The number of nitrogens with one attached hydrogen (secondary N) is 2. The molecule has 3 aromatic rings. The monoisotopic (exact) mass is 449 g/mol. The Labute approximate surface area is 188 Å². The van der Waals surface area contributed by atoms with Crippen molar-refractivity contribution in [3.05, 3.63) is 58.5 Å². The van der Waals surface area contributed by atoms with Gasteiger partial charge < -0.3 is 10.2 Å². The second-order valence-corrected chi connectivity index (χ2v) is 8.73. The van der Waals surface area contributed by atoms with Crippen LogP contribution in [0.15, 0.2) is 41.6 Å². The Morgan fingerprint density at radius 3 is 2.66 bits per heavy atom. The Hall–Kier alpha value is -3.30. The van der Waals surface area contributed by atoms with Gasteiger partial charge in [-0.25, -0.2) is 14.4 Å². The number of nitrogens with zero attached hydrogens (tertiary/aromatic N) is 3. The number of thioether (sulfide) groups is 1. The van der Waals surface area contributed by atoms with Gasteiger partial charge in [0, 0.05) is 42.8 Å². The quantitative estimate of drug-likeness (QED) is 0.592. The predicted octanol–water partition coefficient (Wildman–Crippen LogP) is 3.48. The van der Waals surface area contributed by atoms with Gasteiger partial charge in [-0.3, -0.25) is 14.9 Å². The number of rotatable bonds is 3. The second-order valence-electron chi connectivity index (χ2n) is 7.71. The van der Waals surface area contributed by atoms with Crippen LogP contribution >= 0.6 is 11.8 Å². The van der Waals surface area contributed by atoms with Gasteiger partial charge in [-0.05, 0) is 60.2 Å². The van der Waals surface area contributed by atoms with Crippen molar-refractivity contribution in [2.45, 2.75) is 6.92 Å². The number of piperazine rings is 1. The number of carbonyl (C=O) groups is 2. The predicted molar refractivity (Wildman–Crippen MR) is 124 cm³/mol. The lowest BCUT2D eigenvalue weighted by Gasteiger charge is -2.30. The van der Waals surface area contributed by atoms with E-state index in [1.54, 1.807) is 6.07 Å². The first-order valence-electron chi connectivity index (χ1n) is 10.3. The van der Waals surface area contributed by atoms with Gasteiger partial charge in [-0.15, -0.1) is 0 Å². The van der Waals surface area contributed by atoms with Gasteiger partial charge in [0.15, 0.2) is 0 Å². The summed E-state index contributed by atoms with van der Waals surface area (Å²) in [6, 6.07) is 9.19. The minimum absolute atomic E-state index is 0.209. The van der Waals surface area contributed by atoms with Crippen LogP contribution in [0.1, 0.15) is 11.1 Å². The summed E-state index contributed by atoms with van der Waals surface area (Å²) < 4.78 is 14.9. The molecule has 162 valence electrons. The first-order valence-corrected chi connectivity index (χ1v) is 11.1. The zero-order valence-corrected chi connectivity index (χ0v) is 18.1. The lowest BCUT2D eigenvalue weighted by molar-refractivity contribution is -0.115. The summed E-state index contributed by atoms with van der Waals surface area (Å²) in [4.78, 5) is 34.5. The third-order valence-electron chi connectivity index (χ3n) is 5.58. The van der Waals surface area contributed by atoms with E-state index < -0.39 is 17.0 Å². The van der Waals surface area contributed by atoms with E-state index >= 15 is 0 Å². The molecule has 0 spiro atoms. The zero-order valence-electron chi connectivity index (χ0n) is 17.3. The Morgan fingerprint density at radius 2 is 1.94 bits per heavy atom. The van der Waals surface area contributed by atoms with Crippen molar-refractivity contribution >= 4 is 45.6 Å². The average molecular weight is 450 g/mol. The summed E-state index contributed by atoms with van der Waals surface area (Å²) in [7, 11) is 0. The first-order chi connectivity index (χ1) is 15.5. The number of amides is 2. The molecule has 9 heteroatoms. The van der Waals surface area contributed by atoms with Crippen molar-refractivity contribution in [2.24, 2.45) is 0 Å². The Balaban J connectivity index is 1.58. The van der Waals surface area contributed by atoms with Crippen LogP contribution in [0.5, 0.6) is 0 Å². The lowest BCUT2D eigenvalue weighted by atomic mass is 10.0.